The number of carbonyl (C=O) groups is 1. The summed E-state index contributed by atoms with van der Waals surface area (Å²) in [6.45, 7) is 5.33. The second-order valence-corrected chi connectivity index (χ2v) is 9.04. The van der Waals surface area contributed by atoms with Crippen molar-refractivity contribution in [3.63, 3.8) is 0 Å². The zero-order valence-electron chi connectivity index (χ0n) is 18.0. The fourth-order valence-corrected chi connectivity index (χ4v) is 4.93. The number of carbonyl (C=O) groups excluding carboxylic acids is 1. The molecule has 1 amide bonds. The van der Waals surface area contributed by atoms with Gasteiger partial charge in [-0.05, 0) is 37.7 Å². The Morgan fingerprint density at radius 3 is 2.71 bits per heavy atom. The molecule has 4 aliphatic rings. The lowest BCUT2D eigenvalue weighted by atomic mass is 9.95. The number of amides is 1. The Bertz CT molecular complexity index is 773. The van der Waals surface area contributed by atoms with Crippen LogP contribution in [0.4, 0.5) is 0 Å². The summed E-state index contributed by atoms with van der Waals surface area (Å²) < 4.78 is 17.3. The van der Waals surface area contributed by atoms with Crippen LogP contribution >= 0.6 is 24.8 Å². The maximum atomic E-state index is 13.3. The minimum Gasteiger partial charge on any atom is -0.477 e. The van der Waals surface area contributed by atoms with Crippen molar-refractivity contribution in [3.8, 4) is 5.88 Å². The fourth-order valence-electron chi connectivity index (χ4n) is 4.93. The van der Waals surface area contributed by atoms with Crippen LogP contribution in [0.3, 0.4) is 0 Å². The van der Waals surface area contributed by atoms with Crippen LogP contribution in [0.25, 0.3) is 0 Å². The molecule has 0 radical (unpaired) electrons. The van der Waals surface area contributed by atoms with Gasteiger partial charge >= 0.3 is 0 Å². The average Bonchev–Trinajstić information content (AvgIpc) is 3.44. The first-order chi connectivity index (χ1) is 14.2. The highest BCUT2D eigenvalue weighted by Gasteiger charge is 2.51. The third kappa shape index (κ3) is 5.11. The van der Waals surface area contributed by atoms with E-state index in [0.29, 0.717) is 42.3 Å². The summed E-state index contributed by atoms with van der Waals surface area (Å²) in [5.41, 5.74) is 1.45. The van der Waals surface area contributed by atoms with E-state index >= 15 is 0 Å². The molecule has 3 saturated heterocycles. The van der Waals surface area contributed by atoms with Gasteiger partial charge in [-0.25, -0.2) is 4.98 Å². The van der Waals surface area contributed by atoms with E-state index in [2.05, 4.69) is 5.32 Å². The fraction of sp³-hybridized carbons (Fsp3) is 0.727. The smallest absolute Gasteiger partial charge is 0.254 e. The second-order valence-electron chi connectivity index (χ2n) is 9.04. The molecule has 1 N–H and O–H groups in total. The zero-order valence-corrected chi connectivity index (χ0v) is 19.6. The molecule has 31 heavy (non-hydrogen) atoms. The number of fused-ring (bicyclic) bond motifs is 1. The zero-order chi connectivity index (χ0) is 19.8. The monoisotopic (exact) mass is 473 g/mol. The summed E-state index contributed by atoms with van der Waals surface area (Å²) in [6, 6.07) is 3.81. The molecule has 9 heteroatoms. The van der Waals surface area contributed by atoms with Crippen LogP contribution in [0.5, 0.6) is 5.88 Å². The molecular formula is C22H33Cl2N3O4. The van der Waals surface area contributed by atoms with Gasteiger partial charge < -0.3 is 24.4 Å². The van der Waals surface area contributed by atoms with Crippen LogP contribution < -0.4 is 10.1 Å². The van der Waals surface area contributed by atoms with Crippen molar-refractivity contribution in [2.24, 2.45) is 11.8 Å². The SMILES string of the molecule is COC12CNCC1CN(C(=O)c1cc(OCC3CCOCC3)nc(C3CC3)c1)C2.Cl.Cl. The molecule has 7 nitrogen and oxygen atoms in total. The maximum Gasteiger partial charge on any atom is 0.254 e. The molecule has 1 aliphatic carbocycles. The molecular weight excluding hydrogens is 441 g/mol. The van der Waals surface area contributed by atoms with E-state index in [1.165, 1.54) is 0 Å². The molecule has 2 atom stereocenters. The van der Waals surface area contributed by atoms with Crippen molar-refractivity contribution in [3.05, 3.63) is 23.4 Å². The van der Waals surface area contributed by atoms with E-state index in [4.69, 9.17) is 19.2 Å². The molecule has 0 bridgehead atoms. The van der Waals surface area contributed by atoms with Gasteiger partial charge in [-0.2, -0.15) is 0 Å². The molecule has 2 unspecified atom stereocenters. The molecule has 5 rings (SSSR count). The van der Waals surface area contributed by atoms with Crippen molar-refractivity contribution in [2.75, 3.05) is 53.1 Å². The van der Waals surface area contributed by atoms with Crippen LogP contribution in [0.15, 0.2) is 12.1 Å². The van der Waals surface area contributed by atoms with E-state index < -0.39 is 0 Å². The summed E-state index contributed by atoms with van der Waals surface area (Å²) in [5.74, 6) is 1.98. The number of nitrogens with one attached hydrogen (secondary N) is 1. The first-order valence-electron chi connectivity index (χ1n) is 10.9. The minimum absolute atomic E-state index is 0. The van der Waals surface area contributed by atoms with E-state index in [1.54, 1.807) is 7.11 Å². The average molecular weight is 474 g/mol. The number of aromatic nitrogens is 1. The highest BCUT2D eigenvalue weighted by molar-refractivity contribution is 5.95. The largest absolute Gasteiger partial charge is 0.477 e. The summed E-state index contributed by atoms with van der Waals surface area (Å²) in [5, 5.41) is 3.40. The lowest BCUT2D eigenvalue weighted by Crippen LogP contribution is -2.42. The predicted molar refractivity (Wildman–Crippen MR) is 122 cm³/mol. The van der Waals surface area contributed by atoms with E-state index in [0.717, 1.165) is 64.2 Å². The van der Waals surface area contributed by atoms with Crippen LogP contribution in [0, 0.1) is 11.8 Å². The predicted octanol–water partition coefficient (Wildman–Crippen LogP) is 2.67. The topological polar surface area (TPSA) is 72.9 Å². The number of pyridine rings is 1. The van der Waals surface area contributed by atoms with Gasteiger partial charge in [0, 0.05) is 69.1 Å². The lowest BCUT2D eigenvalue weighted by molar-refractivity contribution is -0.00516. The summed E-state index contributed by atoms with van der Waals surface area (Å²) in [4.78, 5) is 20.0. The summed E-state index contributed by atoms with van der Waals surface area (Å²) in [6.07, 6.45) is 4.34. The van der Waals surface area contributed by atoms with Crippen LogP contribution in [-0.4, -0.2) is 74.5 Å². The maximum absolute atomic E-state index is 13.3. The quantitative estimate of drug-likeness (QED) is 0.684. The second kappa shape index (κ2) is 10.2. The standard InChI is InChI=1S/C22H31N3O4.2ClH/c1-27-22-13-23-10-18(22)11-25(14-22)21(26)17-8-19(16-2-3-16)24-20(9-17)29-12-15-4-6-28-7-5-15;;/h8-9,15-16,18,23H,2-7,10-14H2,1H3;2*1H. The van der Waals surface area contributed by atoms with Crippen LogP contribution in [0.2, 0.25) is 0 Å². The molecule has 0 spiro atoms. The van der Waals surface area contributed by atoms with Crippen molar-refractivity contribution in [1.29, 1.82) is 0 Å². The number of rotatable bonds is 6. The number of hydrogen-bond donors (Lipinski definition) is 1. The molecule has 0 aromatic carbocycles. The Kier molecular flexibility index (Phi) is 8.08. The normalized spacial score (nSPS) is 27.9. The molecule has 4 heterocycles. The van der Waals surface area contributed by atoms with E-state index in [9.17, 15) is 4.79 Å². The van der Waals surface area contributed by atoms with Gasteiger partial charge in [-0.3, -0.25) is 4.79 Å². The summed E-state index contributed by atoms with van der Waals surface area (Å²) in [7, 11) is 1.76. The number of methoxy groups -OCH3 is 1. The molecule has 1 aromatic rings. The number of ether oxygens (including phenoxy) is 3. The number of hydrogen-bond acceptors (Lipinski definition) is 6. The highest BCUT2D eigenvalue weighted by atomic mass is 35.5. The van der Waals surface area contributed by atoms with Gasteiger partial charge in [-0.1, -0.05) is 0 Å². The first kappa shape index (κ1) is 24.5. The Balaban J connectivity index is 0.00000136. The molecule has 3 aliphatic heterocycles. The van der Waals surface area contributed by atoms with Crippen LogP contribution in [0.1, 0.15) is 47.7 Å². The minimum atomic E-state index is -0.246. The molecule has 1 aromatic heterocycles. The van der Waals surface area contributed by atoms with Crippen molar-refractivity contribution < 1.29 is 19.0 Å². The van der Waals surface area contributed by atoms with Gasteiger partial charge in [0.05, 0.1) is 13.2 Å². The molecule has 4 fully saturated rings. The number of halogens is 2. The van der Waals surface area contributed by atoms with Gasteiger partial charge in [0.15, 0.2) is 0 Å². The van der Waals surface area contributed by atoms with Crippen LogP contribution in [-0.2, 0) is 9.47 Å². The summed E-state index contributed by atoms with van der Waals surface area (Å²) >= 11 is 0. The Morgan fingerprint density at radius 2 is 2.03 bits per heavy atom. The van der Waals surface area contributed by atoms with Gasteiger partial charge in [0.1, 0.15) is 5.60 Å². The molecule has 174 valence electrons. The number of likely N-dealkylation sites (tertiary alicyclic amines) is 1. The van der Waals surface area contributed by atoms with Gasteiger partial charge in [0.2, 0.25) is 5.88 Å². The highest BCUT2D eigenvalue weighted by Crippen LogP contribution is 2.40. The van der Waals surface area contributed by atoms with Crippen molar-refractivity contribution in [1.82, 2.24) is 15.2 Å². The third-order valence-electron chi connectivity index (χ3n) is 7.02. The van der Waals surface area contributed by atoms with E-state index in [-0.39, 0.29) is 36.3 Å². The number of nitrogens with zero attached hydrogens (tertiary/aromatic N) is 2. The molecule has 1 saturated carbocycles. The van der Waals surface area contributed by atoms with Crippen molar-refractivity contribution >= 4 is 30.7 Å². The van der Waals surface area contributed by atoms with E-state index in [1.807, 2.05) is 17.0 Å². The third-order valence-corrected chi connectivity index (χ3v) is 7.02. The Hall–Kier alpha value is -1.12. The lowest BCUT2D eigenvalue weighted by Gasteiger charge is -2.26. The van der Waals surface area contributed by atoms with Gasteiger partial charge in [0.25, 0.3) is 5.91 Å². The van der Waals surface area contributed by atoms with Gasteiger partial charge in [-0.15, -0.1) is 24.8 Å². The van der Waals surface area contributed by atoms with Crippen molar-refractivity contribution in [2.45, 2.75) is 37.2 Å². The Morgan fingerprint density at radius 1 is 1.26 bits per heavy atom. The Labute approximate surface area is 196 Å². The first-order valence-corrected chi connectivity index (χ1v) is 10.9.